The van der Waals surface area contributed by atoms with Crippen LogP contribution in [0.1, 0.15) is 23.2 Å². The summed E-state index contributed by atoms with van der Waals surface area (Å²) < 4.78 is 1.17. The SMILES string of the molecule is CN1CCC(CN(C)C(=O)c2csc(I)c2)CC1. The van der Waals surface area contributed by atoms with Gasteiger partial charge in [0.05, 0.1) is 8.45 Å². The summed E-state index contributed by atoms with van der Waals surface area (Å²) in [4.78, 5) is 16.5. The largest absolute Gasteiger partial charge is 0.341 e. The Bertz CT molecular complexity index is 413. The Balaban J connectivity index is 1.88. The van der Waals surface area contributed by atoms with Crippen LogP contribution in [0.2, 0.25) is 0 Å². The maximum Gasteiger partial charge on any atom is 0.254 e. The van der Waals surface area contributed by atoms with Crippen molar-refractivity contribution in [3.63, 3.8) is 0 Å². The minimum absolute atomic E-state index is 0.160. The molecule has 1 aliphatic rings. The molecule has 1 saturated heterocycles. The molecule has 1 aliphatic heterocycles. The van der Waals surface area contributed by atoms with Crippen molar-refractivity contribution < 1.29 is 4.79 Å². The lowest BCUT2D eigenvalue weighted by atomic mass is 9.96. The molecule has 2 rings (SSSR count). The van der Waals surface area contributed by atoms with E-state index in [1.165, 1.54) is 15.7 Å². The first-order valence-electron chi connectivity index (χ1n) is 6.24. The molecule has 1 amide bonds. The van der Waals surface area contributed by atoms with Gasteiger partial charge in [0.1, 0.15) is 0 Å². The molecule has 0 aromatic carbocycles. The molecule has 0 radical (unpaired) electrons. The van der Waals surface area contributed by atoms with Gasteiger partial charge in [0.2, 0.25) is 0 Å². The average molecular weight is 378 g/mol. The molecule has 100 valence electrons. The molecule has 0 saturated carbocycles. The summed E-state index contributed by atoms with van der Waals surface area (Å²) in [5, 5.41) is 1.95. The van der Waals surface area contributed by atoms with Gasteiger partial charge in [-0.25, -0.2) is 0 Å². The maximum absolute atomic E-state index is 12.2. The monoisotopic (exact) mass is 378 g/mol. The van der Waals surface area contributed by atoms with Crippen molar-refractivity contribution in [2.75, 3.05) is 33.7 Å². The van der Waals surface area contributed by atoms with Crippen LogP contribution in [-0.4, -0.2) is 49.4 Å². The fourth-order valence-electron chi connectivity index (χ4n) is 2.36. The van der Waals surface area contributed by atoms with Crippen LogP contribution in [0.4, 0.5) is 0 Å². The quantitative estimate of drug-likeness (QED) is 0.756. The van der Waals surface area contributed by atoms with Crippen LogP contribution in [0.25, 0.3) is 0 Å². The highest BCUT2D eigenvalue weighted by Crippen LogP contribution is 2.20. The van der Waals surface area contributed by atoms with E-state index in [4.69, 9.17) is 0 Å². The molecule has 3 nitrogen and oxygen atoms in total. The van der Waals surface area contributed by atoms with Crippen LogP contribution in [0.15, 0.2) is 11.4 Å². The summed E-state index contributed by atoms with van der Waals surface area (Å²) in [6, 6.07) is 1.97. The van der Waals surface area contributed by atoms with Crippen LogP contribution in [0.5, 0.6) is 0 Å². The molecule has 0 spiro atoms. The van der Waals surface area contributed by atoms with Crippen LogP contribution in [0.3, 0.4) is 0 Å². The molecule has 0 aliphatic carbocycles. The van der Waals surface area contributed by atoms with Gasteiger partial charge in [-0.2, -0.15) is 0 Å². The summed E-state index contributed by atoms with van der Waals surface area (Å²) in [6.45, 7) is 3.20. The Morgan fingerprint density at radius 3 is 2.78 bits per heavy atom. The van der Waals surface area contributed by atoms with Crippen LogP contribution in [0, 0.1) is 8.80 Å². The molecule has 5 heteroatoms. The van der Waals surface area contributed by atoms with E-state index in [9.17, 15) is 4.79 Å². The number of rotatable bonds is 3. The van der Waals surface area contributed by atoms with Crippen LogP contribution < -0.4 is 0 Å². The van der Waals surface area contributed by atoms with E-state index in [2.05, 4.69) is 34.5 Å². The van der Waals surface area contributed by atoms with Crippen molar-refractivity contribution in [2.45, 2.75) is 12.8 Å². The lowest BCUT2D eigenvalue weighted by molar-refractivity contribution is 0.0747. The number of hydrogen-bond acceptors (Lipinski definition) is 3. The zero-order valence-electron chi connectivity index (χ0n) is 10.9. The van der Waals surface area contributed by atoms with Gasteiger partial charge in [0, 0.05) is 19.0 Å². The topological polar surface area (TPSA) is 23.6 Å². The Hall–Kier alpha value is -0.140. The van der Waals surface area contributed by atoms with E-state index < -0.39 is 0 Å². The highest BCUT2D eigenvalue weighted by atomic mass is 127. The van der Waals surface area contributed by atoms with Crippen molar-refractivity contribution in [2.24, 2.45) is 5.92 Å². The predicted octanol–water partition coefficient (Wildman–Crippen LogP) is 2.77. The molecule has 0 unspecified atom stereocenters. The third-order valence-corrected chi connectivity index (χ3v) is 5.32. The lowest BCUT2D eigenvalue weighted by Gasteiger charge is -2.31. The van der Waals surface area contributed by atoms with Gasteiger partial charge in [-0.3, -0.25) is 4.79 Å². The van der Waals surface area contributed by atoms with Gasteiger partial charge in [-0.15, -0.1) is 11.3 Å². The van der Waals surface area contributed by atoms with Gasteiger partial charge in [0.15, 0.2) is 0 Å². The average Bonchev–Trinajstić information content (AvgIpc) is 2.78. The number of halogens is 1. The van der Waals surface area contributed by atoms with Gasteiger partial charge >= 0.3 is 0 Å². The van der Waals surface area contributed by atoms with E-state index >= 15 is 0 Å². The number of hydrogen-bond donors (Lipinski definition) is 0. The summed E-state index contributed by atoms with van der Waals surface area (Å²) in [6.07, 6.45) is 2.41. The predicted molar refractivity (Wildman–Crippen MR) is 84.2 cm³/mol. The van der Waals surface area contributed by atoms with Crippen molar-refractivity contribution >= 4 is 39.8 Å². The second kappa shape index (κ2) is 6.34. The second-order valence-electron chi connectivity index (χ2n) is 5.07. The zero-order chi connectivity index (χ0) is 13.1. The van der Waals surface area contributed by atoms with Crippen molar-refractivity contribution in [1.29, 1.82) is 0 Å². The number of thiophene rings is 1. The Morgan fingerprint density at radius 1 is 1.56 bits per heavy atom. The van der Waals surface area contributed by atoms with Crippen molar-refractivity contribution in [3.05, 3.63) is 19.9 Å². The summed E-state index contributed by atoms with van der Waals surface area (Å²) in [7, 11) is 4.09. The third kappa shape index (κ3) is 3.68. The molecule has 1 aromatic heterocycles. The molecule has 2 heterocycles. The van der Waals surface area contributed by atoms with Gasteiger partial charge < -0.3 is 9.80 Å². The molecule has 18 heavy (non-hydrogen) atoms. The Morgan fingerprint density at radius 2 is 2.22 bits per heavy atom. The van der Waals surface area contributed by atoms with Crippen LogP contribution in [-0.2, 0) is 0 Å². The normalized spacial score (nSPS) is 17.9. The standard InChI is InChI=1S/C13H19IN2OS/c1-15-5-3-10(4-6-15)8-16(2)13(17)11-7-12(14)18-9-11/h7,9-10H,3-6,8H2,1-2H3. The first-order valence-corrected chi connectivity index (χ1v) is 8.20. The number of likely N-dealkylation sites (tertiary alicyclic amines) is 1. The third-order valence-electron chi connectivity index (χ3n) is 3.53. The van der Waals surface area contributed by atoms with E-state index in [0.29, 0.717) is 5.92 Å². The number of carbonyl (C=O) groups excluding carboxylic acids is 1. The first-order chi connectivity index (χ1) is 8.56. The lowest BCUT2D eigenvalue weighted by Crippen LogP contribution is -2.37. The van der Waals surface area contributed by atoms with Crippen LogP contribution >= 0.6 is 33.9 Å². The molecule has 1 fully saturated rings. The highest BCUT2D eigenvalue weighted by molar-refractivity contribution is 14.1. The smallest absolute Gasteiger partial charge is 0.254 e. The Kier molecular flexibility index (Phi) is 5.03. The number of piperidine rings is 1. The van der Waals surface area contributed by atoms with E-state index in [1.807, 2.05) is 23.4 Å². The minimum atomic E-state index is 0.160. The van der Waals surface area contributed by atoms with Crippen molar-refractivity contribution in [1.82, 2.24) is 9.80 Å². The number of amides is 1. The fraction of sp³-hybridized carbons (Fsp3) is 0.615. The van der Waals surface area contributed by atoms with Gasteiger partial charge in [0.25, 0.3) is 5.91 Å². The maximum atomic E-state index is 12.2. The van der Waals surface area contributed by atoms with E-state index in [1.54, 1.807) is 11.3 Å². The molecule has 1 aromatic rings. The molecule has 0 N–H and O–H groups in total. The summed E-state index contributed by atoms with van der Waals surface area (Å²) >= 11 is 3.89. The van der Waals surface area contributed by atoms with E-state index in [-0.39, 0.29) is 5.91 Å². The van der Waals surface area contributed by atoms with Gasteiger partial charge in [-0.1, -0.05) is 0 Å². The summed E-state index contributed by atoms with van der Waals surface area (Å²) in [5.74, 6) is 0.820. The molecule has 0 atom stereocenters. The number of carbonyl (C=O) groups is 1. The first kappa shape index (κ1) is 14.3. The second-order valence-corrected chi connectivity index (χ2v) is 7.88. The molecular weight excluding hydrogens is 359 g/mol. The fourth-order valence-corrected chi connectivity index (χ4v) is 3.68. The highest BCUT2D eigenvalue weighted by Gasteiger charge is 2.21. The zero-order valence-corrected chi connectivity index (χ0v) is 13.8. The summed E-state index contributed by atoms with van der Waals surface area (Å²) in [5.41, 5.74) is 0.833. The number of nitrogens with zero attached hydrogens (tertiary/aromatic N) is 2. The molecule has 0 bridgehead atoms. The van der Waals surface area contributed by atoms with Gasteiger partial charge in [-0.05, 0) is 67.6 Å². The van der Waals surface area contributed by atoms with Crippen molar-refractivity contribution in [3.8, 4) is 0 Å². The molecular formula is C13H19IN2OS. The minimum Gasteiger partial charge on any atom is -0.341 e. The Labute approximate surface area is 126 Å². The van der Waals surface area contributed by atoms with E-state index in [0.717, 1.165) is 25.2 Å².